The van der Waals surface area contributed by atoms with Gasteiger partial charge in [-0.3, -0.25) is 9.78 Å². The molecule has 4 rings (SSSR count). The van der Waals surface area contributed by atoms with E-state index in [9.17, 15) is 9.90 Å². The predicted molar refractivity (Wildman–Crippen MR) is 105 cm³/mol. The Labute approximate surface area is 162 Å². The molecule has 1 N–H and O–H groups in total. The number of nitrogens with zero attached hydrogens (tertiary/aromatic N) is 4. The van der Waals surface area contributed by atoms with Crippen LogP contribution in [0.2, 0.25) is 0 Å². The molecular weight excluding hydrogens is 360 g/mol. The summed E-state index contributed by atoms with van der Waals surface area (Å²) in [5.41, 5.74) is 2.63. The Morgan fingerprint density at radius 3 is 2.89 bits per heavy atom. The molecule has 0 saturated carbocycles. The summed E-state index contributed by atoms with van der Waals surface area (Å²) in [7, 11) is 0. The number of carbonyl (C=O) groups is 1. The number of aromatic nitrogens is 3. The number of amides is 1. The van der Waals surface area contributed by atoms with Crippen molar-refractivity contribution in [2.75, 3.05) is 13.1 Å². The third-order valence-corrected chi connectivity index (χ3v) is 5.81. The highest BCUT2D eigenvalue weighted by Crippen LogP contribution is 2.27. The lowest BCUT2D eigenvalue weighted by Gasteiger charge is -2.16. The smallest absolute Gasteiger partial charge is 0.267 e. The predicted octanol–water partition coefficient (Wildman–Crippen LogP) is 2.89. The molecule has 27 heavy (non-hydrogen) atoms. The zero-order chi connectivity index (χ0) is 19.0. The molecule has 1 fully saturated rings. The van der Waals surface area contributed by atoms with Gasteiger partial charge in [0.15, 0.2) is 0 Å². The van der Waals surface area contributed by atoms with Crippen molar-refractivity contribution < 1.29 is 9.90 Å². The van der Waals surface area contributed by atoms with Crippen LogP contribution < -0.4 is 0 Å². The number of pyridine rings is 1. The number of benzene rings is 1. The fourth-order valence-electron chi connectivity index (χ4n) is 3.58. The van der Waals surface area contributed by atoms with Crippen LogP contribution in [0, 0.1) is 5.92 Å². The largest absolute Gasteiger partial charge is 0.391 e. The molecule has 0 aliphatic carbocycles. The van der Waals surface area contributed by atoms with E-state index in [0.717, 1.165) is 33.8 Å². The van der Waals surface area contributed by atoms with Crippen LogP contribution in [0.15, 0.2) is 36.4 Å². The fourth-order valence-corrected chi connectivity index (χ4v) is 4.37. The van der Waals surface area contributed by atoms with Crippen LogP contribution in [0.1, 0.15) is 40.8 Å². The van der Waals surface area contributed by atoms with Gasteiger partial charge in [0.1, 0.15) is 4.88 Å². The van der Waals surface area contributed by atoms with Crippen molar-refractivity contribution in [2.45, 2.75) is 32.3 Å². The van der Waals surface area contributed by atoms with Crippen molar-refractivity contribution in [1.82, 2.24) is 19.5 Å². The van der Waals surface area contributed by atoms with Crippen molar-refractivity contribution in [2.24, 2.45) is 5.92 Å². The summed E-state index contributed by atoms with van der Waals surface area (Å²) in [4.78, 5) is 19.9. The Bertz CT molecular complexity index is 971. The standard InChI is InChI=1S/C20H22N4O2S/c1-12(2)18-19(27-23-22-18)20(26)24-10-14(17(25)11-24)9-15-8-7-13-5-3-4-6-16(13)21-15/h3-8,12,14,17,25H,9-11H2,1-2H3/t14-,17-/m1/s1. The summed E-state index contributed by atoms with van der Waals surface area (Å²) >= 11 is 1.13. The van der Waals surface area contributed by atoms with E-state index in [2.05, 4.69) is 15.7 Å². The van der Waals surface area contributed by atoms with Crippen LogP contribution in [-0.2, 0) is 6.42 Å². The van der Waals surface area contributed by atoms with Crippen LogP contribution in [-0.4, -0.2) is 49.7 Å². The van der Waals surface area contributed by atoms with E-state index in [4.69, 9.17) is 4.98 Å². The van der Waals surface area contributed by atoms with Gasteiger partial charge >= 0.3 is 0 Å². The van der Waals surface area contributed by atoms with Gasteiger partial charge in [-0.2, -0.15) is 0 Å². The van der Waals surface area contributed by atoms with Crippen molar-refractivity contribution in [3.05, 3.63) is 52.7 Å². The third-order valence-electron chi connectivity index (χ3n) is 5.08. The first-order chi connectivity index (χ1) is 13.0. The molecular formula is C20H22N4O2S. The van der Waals surface area contributed by atoms with Gasteiger partial charge in [-0.25, -0.2) is 0 Å². The summed E-state index contributed by atoms with van der Waals surface area (Å²) in [5.74, 6) is 0.0422. The number of likely N-dealkylation sites (tertiary alicyclic amines) is 1. The number of fused-ring (bicyclic) bond motifs is 1. The molecule has 6 nitrogen and oxygen atoms in total. The lowest BCUT2D eigenvalue weighted by atomic mass is 9.99. The molecule has 1 aromatic carbocycles. The highest BCUT2D eigenvalue weighted by Gasteiger charge is 2.36. The van der Waals surface area contributed by atoms with Crippen molar-refractivity contribution in [3.8, 4) is 0 Å². The first kappa shape index (κ1) is 18.0. The molecule has 3 aromatic rings. The molecule has 140 valence electrons. The number of hydrogen-bond acceptors (Lipinski definition) is 6. The molecule has 2 atom stereocenters. The van der Waals surface area contributed by atoms with Crippen LogP contribution in [0.3, 0.4) is 0 Å². The van der Waals surface area contributed by atoms with Crippen LogP contribution in [0.4, 0.5) is 0 Å². The second kappa shape index (κ2) is 7.32. The Morgan fingerprint density at radius 1 is 1.26 bits per heavy atom. The summed E-state index contributed by atoms with van der Waals surface area (Å²) in [6.45, 7) is 4.86. The molecule has 1 aliphatic rings. The molecule has 1 aliphatic heterocycles. The molecule has 7 heteroatoms. The van der Waals surface area contributed by atoms with Gasteiger partial charge in [0.05, 0.1) is 17.3 Å². The molecule has 0 radical (unpaired) electrons. The molecule has 0 spiro atoms. The van der Waals surface area contributed by atoms with Crippen LogP contribution >= 0.6 is 11.5 Å². The van der Waals surface area contributed by atoms with Gasteiger partial charge in [-0.05, 0) is 36.0 Å². The van der Waals surface area contributed by atoms with E-state index in [1.165, 1.54) is 0 Å². The second-order valence-electron chi connectivity index (χ2n) is 7.38. The maximum Gasteiger partial charge on any atom is 0.267 e. The van der Waals surface area contributed by atoms with Crippen molar-refractivity contribution in [3.63, 3.8) is 0 Å². The summed E-state index contributed by atoms with van der Waals surface area (Å²) in [5, 5.41) is 15.7. The average molecular weight is 382 g/mol. The lowest BCUT2D eigenvalue weighted by molar-refractivity contribution is 0.0767. The Morgan fingerprint density at radius 2 is 2.07 bits per heavy atom. The Kier molecular flexibility index (Phi) is 4.88. The molecule has 3 heterocycles. The van der Waals surface area contributed by atoms with E-state index in [1.807, 2.05) is 44.2 Å². The summed E-state index contributed by atoms with van der Waals surface area (Å²) in [6, 6.07) is 12.0. The SMILES string of the molecule is CC(C)c1nnsc1C(=O)N1C[C@@H](Cc2ccc3ccccc3n2)[C@H](O)C1. The van der Waals surface area contributed by atoms with E-state index >= 15 is 0 Å². The van der Waals surface area contributed by atoms with E-state index < -0.39 is 6.10 Å². The Balaban J connectivity index is 1.49. The third kappa shape index (κ3) is 3.57. The zero-order valence-electron chi connectivity index (χ0n) is 15.4. The fraction of sp³-hybridized carbons (Fsp3) is 0.400. The highest BCUT2D eigenvalue weighted by molar-refractivity contribution is 7.08. The first-order valence-electron chi connectivity index (χ1n) is 9.17. The van der Waals surface area contributed by atoms with Crippen molar-refractivity contribution >= 4 is 28.3 Å². The van der Waals surface area contributed by atoms with Gasteiger partial charge < -0.3 is 10.0 Å². The second-order valence-corrected chi connectivity index (χ2v) is 8.13. The number of aliphatic hydroxyl groups is 1. The Hall–Kier alpha value is -2.38. The number of rotatable bonds is 4. The van der Waals surface area contributed by atoms with E-state index in [-0.39, 0.29) is 17.7 Å². The maximum absolute atomic E-state index is 12.9. The van der Waals surface area contributed by atoms with Gasteiger partial charge in [-0.15, -0.1) is 5.10 Å². The maximum atomic E-state index is 12.9. The number of carbonyl (C=O) groups excluding carboxylic acids is 1. The summed E-state index contributed by atoms with van der Waals surface area (Å²) < 4.78 is 3.94. The van der Waals surface area contributed by atoms with Gasteiger partial charge in [0, 0.05) is 30.1 Å². The average Bonchev–Trinajstić information content (AvgIpc) is 3.29. The minimum absolute atomic E-state index is 0.0222. The number of para-hydroxylation sites is 1. The minimum Gasteiger partial charge on any atom is -0.391 e. The number of β-amino-alcohol motifs (C(OH)–C–C–N with tert-alkyl or cyclic N) is 1. The molecule has 0 bridgehead atoms. The van der Waals surface area contributed by atoms with Gasteiger partial charge in [0.25, 0.3) is 5.91 Å². The highest BCUT2D eigenvalue weighted by atomic mass is 32.1. The number of aliphatic hydroxyl groups excluding tert-OH is 1. The summed E-state index contributed by atoms with van der Waals surface area (Å²) in [6.07, 6.45) is 0.0962. The van der Waals surface area contributed by atoms with Crippen LogP contribution in [0.5, 0.6) is 0 Å². The molecule has 1 saturated heterocycles. The lowest BCUT2D eigenvalue weighted by Crippen LogP contribution is -2.29. The normalized spacial score (nSPS) is 19.9. The number of hydrogen-bond donors (Lipinski definition) is 1. The molecule has 0 unspecified atom stereocenters. The van der Waals surface area contributed by atoms with E-state index in [1.54, 1.807) is 4.90 Å². The zero-order valence-corrected chi connectivity index (χ0v) is 16.2. The van der Waals surface area contributed by atoms with Crippen LogP contribution in [0.25, 0.3) is 10.9 Å². The van der Waals surface area contributed by atoms with E-state index in [0.29, 0.717) is 24.4 Å². The quantitative estimate of drug-likeness (QED) is 0.751. The van der Waals surface area contributed by atoms with Gasteiger partial charge in [0.2, 0.25) is 0 Å². The first-order valence-corrected chi connectivity index (χ1v) is 9.94. The topological polar surface area (TPSA) is 79.2 Å². The minimum atomic E-state index is -0.550. The molecule has 1 amide bonds. The molecule has 2 aromatic heterocycles. The van der Waals surface area contributed by atoms with Gasteiger partial charge in [-0.1, -0.05) is 42.6 Å². The van der Waals surface area contributed by atoms with Crippen molar-refractivity contribution in [1.29, 1.82) is 0 Å². The monoisotopic (exact) mass is 382 g/mol.